The van der Waals surface area contributed by atoms with Gasteiger partial charge in [0.1, 0.15) is 11.4 Å². The summed E-state index contributed by atoms with van der Waals surface area (Å²) < 4.78 is 38.6. The van der Waals surface area contributed by atoms with Crippen LogP contribution >= 0.6 is 0 Å². The molecule has 2 unspecified atom stereocenters. The molecule has 12 heteroatoms. The van der Waals surface area contributed by atoms with E-state index in [1.165, 1.54) is 12.0 Å². The molecule has 2 atom stereocenters. The number of nitrogens with one attached hydrogen (secondary N) is 2. The van der Waals surface area contributed by atoms with E-state index in [-0.39, 0.29) is 11.6 Å². The summed E-state index contributed by atoms with van der Waals surface area (Å²) in [5.41, 5.74) is 7.30. The van der Waals surface area contributed by atoms with Crippen LogP contribution < -0.4 is 14.8 Å². The Morgan fingerprint density at radius 3 is 2.41 bits per heavy atom. The first-order chi connectivity index (χ1) is 26.0. The van der Waals surface area contributed by atoms with Crippen molar-refractivity contribution in [2.24, 2.45) is 7.05 Å². The lowest BCUT2D eigenvalue weighted by Crippen LogP contribution is -2.41. The van der Waals surface area contributed by atoms with E-state index in [9.17, 15) is 18.0 Å². The second-order valence-corrected chi connectivity index (χ2v) is 17.9. The molecule has 1 saturated heterocycles. The number of likely N-dealkylation sites (N-methyl/N-ethyl adjacent to an activating group) is 1. The van der Waals surface area contributed by atoms with Gasteiger partial charge in [0.05, 0.1) is 42.1 Å². The van der Waals surface area contributed by atoms with Gasteiger partial charge in [0.2, 0.25) is 10.0 Å². The zero-order chi connectivity index (χ0) is 37.8. The Morgan fingerprint density at radius 2 is 1.70 bits per heavy atom. The van der Waals surface area contributed by atoms with Gasteiger partial charge in [-0.1, -0.05) is 51.5 Å². The van der Waals surface area contributed by atoms with Gasteiger partial charge >= 0.3 is 0 Å². The average molecular weight is 753 g/mol. The number of fused-ring (bicyclic) bond motifs is 5. The highest BCUT2D eigenvalue weighted by molar-refractivity contribution is 7.90. The van der Waals surface area contributed by atoms with Crippen LogP contribution in [0.1, 0.15) is 127 Å². The Hall–Kier alpha value is -4.42. The standard InChI is InChI=1S/C42H52N6O5S/c1-5-6-20-42(26-46(42)2)44-41(50)35-24-43-47(3)38(35)30-21-29-22-31(53-4)17-19-33(29)39-37(27-12-8-7-9-13-27)34-18-16-28(23-36(34)48(39)25-30)40(49)45-54(51,52)32-14-10-11-15-32/h16-19,21-24,27,32H,5-15,20,25-26H2,1-4H3,(H,44,50)(H,45,49). The highest BCUT2D eigenvalue weighted by Gasteiger charge is 2.50. The van der Waals surface area contributed by atoms with Crippen molar-refractivity contribution in [1.82, 2.24) is 29.3 Å². The molecule has 286 valence electrons. The molecule has 2 aliphatic heterocycles. The molecule has 0 spiro atoms. The molecule has 2 aromatic carbocycles. The number of unbranched alkanes of at least 4 members (excludes halogenated alkanes) is 1. The Morgan fingerprint density at radius 1 is 0.963 bits per heavy atom. The van der Waals surface area contributed by atoms with Crippen LogP contribution in [0.4, 0.5) is 0 Å². The molecule has 2 saturated carbocycles. The zero-order valence-corrected chi connectivity index (χ0v) is 32.7. The maximum atomic E-state index is 14.2. The van der Waals surface area contributed by atoms with Gasteiger partial charge in [0.15, 0.2) is 0 Å². The molecule has 54 heavy (non-hydrogen) atoms. The maximum absolute atomic E-state index is 14.2. The van der Waals surface area contributed by atoms with Crippen LogP contribution in [0.5, 0.6) is 5.75 Å². The smallest absolute Gasteiger partial charge is 0.264 e. The number of nitrogens with zero attached hydrogens (tertiary/aromatic N) is 4. The fourth-order valence-corrected chi connectivity index (χ4v) is 10.9. The average Bonchev–Trinajstić information content (AvgIpc) is 3.56. The third-order valence-electron chi connectivity index (χ3n) is 12.4. The number of carbonyl (C=O) groups excluding carboxylic acids is 2. The molecule has 2 N–H and O–H groups in total. The van der Waals surface area contributed by atoms with Gasteiger partial charge in [-0.3, -0.25) is 19.2 Å². The maximum Gasteiger partial charge on any atom is 0.264 e. The predicted molar refractivity (Wildman–Crippen MR) is 212 cm³/mol. The highest BCUT2D eigenvalue weighted by atomic mass is 32.2. The topological polar surface area (TPSA) is 127 Å². The fourth-order valence-electron chi connectivity index (χ4n) is 9.35. The molecule has 2 aliphatic carbocycles. The van der Waals surface area contributed by atoms with E-state index in [4.69, 9.17) is 4.74 Å². The molecule has 2 amide bonds. The lowest BCUT2D eigenvalue weighted by Gasteiger charge is -2.24. The number of amides is 2. The van der Waals surface area contributed by atoms with Crippen LogP contribution in [-0.2, 0) is 23.6 Å². The number of aryl methyl sites for hydroxylation is 1. The normalized spacial score (nSPS) is 21.6. The Bertz CT molecular complexity index is 2260. The molecular formula is C42H52N6O5S. The number of hydrogen-bond acceptors (Lipinski definition) is 7. The predicted octanol–water partition coefficient (Wildman–Crippen LogP) is 7.22. The first kappa shape index (κ1) is 36.6. The monoisotopic (exact) mass is 752 g/mol. The summed E-state index contributed by atoms with van der Waals surface area (Å²) in [7, 11) is 1.78. The number of sulfonamides is 1. The van der Waals surface area contributed by atoms with Crippen molar-refractivity contribution in [3.8, 4) is 17.0 Å². The number of rotatable bonds is 11. The van der Waals surface area contributed by atoms with Crippen molar-refractivity contribution in [2.45, 2.75) is 107 Å². The number of hydrogen-bond donors (Lipinski definition) is 2. The minimum atomic E-state index is -3.79. The minimum Gasteiger partial charge on any atom is -0.497 e. The Balaban J connectivity index is 1.27. The molecule has 4 heterocycles. The van der Waals surface area contributed by atoms with E-state index < -0.39 is 21.2 Å². The summed E-state index contributed by atoms with van der Waals surface area (Å²) in [5, 5.41) is 8.50. The van der Waals surface area contributed by atoms with E-state index in [2.05, 4.69) is 49.7 Å². The first-order valence-corrected chi connectivity index (χ1v) is 21.3. The Labute approximate surface area is 318 Å². The fraction of sp³-hybridized carbons (Fsp3) is 0.500. The van der Waals surface area contributed by atoms with Crippen LogP contribution in [0.2, 0.25) is 0 Å². The summed E-state index contributed by atoms with van der Waals surface area (Å²) in [6.07, 6.45) is 15.3. The molecule has 3 fully saturated rings. The van der Waals surface area contributed by atoms with E-state index in [0.29, 0.717) is 36.4 Å². The molecular weight excluding hydrogens is 701 g/mol. The SMILES string of the molecule is CCCCC1(NC(=O)c2cnn(C)c2C2=Cc3cc(OC)ccc3-c3c(C4CCCCC4)c4ccc(C(=O)NS(=O)(=O)C5CCCC5)cc4n3C2)CN1C. The van der Waals surface area contributed by atoms with Gasteiger partial charge in [-0.15, -0.1) is 0 Å². The highest BCUT2D eigenvalue weighted by Crippen LogP contribution is 2.48. The van der Waals surface area contributed by atoms with Gasteiger partial charge in [-0.25, -0.2) is 13.1 Å². The van der Waals surface area contributed by atoms with Crippen molar-refractivity contribution in [3.63, 3.8) is 0 Å². The number of allylic oxidation sites excluding steroid dienone is 1. The number of benzene rings is 2. The summed E-state index contributed by atoms with van der Waals surface area (Å²) in [6.45, 7) is 3.38. The van der Waals surface area contributed by atoms with Crippen molar-refractivity contribution in [3.05, 3.63) is 70.5 Å². The second-order valence-electron chi connectivity index (χ2n) is 15.9. The molecule has 11 nitrogen and oxygen atoms in total. The quantitative estimate of drug-likeness (QED) is 0.155. The number of aromatic nitrogens is 3. The molecule has 0 radical (unpaired) electrons. The van der Waals surface area contributed by atoms with Gasteiger partial charge < -0.3 is 14.6 Å². The lowest BCUT2D eigenvalue weighted by molar-refractivity contribution is 0.0912. The first-order valence-electron chi connectivity index (χ1n) is 19.7. The summed E-state index contributed by atoms with van der Waals surface area (Å²) >= 11 is 0. The van der Waals surface area contributed by atoms with E-state index in [1.54, 1.807) is 24.1 Å². The molecule has 4 aliphatic rings. The number of ether oxygens (including phenoxy) is 1. The number of carbonyl (C=O) groups is 2. The Kier molecular flexibility index (Phi) is 9.71. The van der Waals surface area contributed by atoms with Crippen LogP contribution in [0, 0.1) is 0 Å². The van der Waals surface area contributed by atoms with Crippen LogP contribution in [0.15, 0.2) is 42.6 Å². The molecule has 2 aromatic heterocycles. The molecule has 4 aromatic rings. The van der Waals surface area contributed by atoms with E-state index in [1.807, 2.05) is 32.3 Å². The van der Waals surface area contributed by atoms with Crippen molar-refractivity contribution >= 4 is 44.4 Å². The van der Waals surface area contributed by atoms with Crippen molar-refractivity contribution in [1.29, 1.82) is 0 Å². The van der Waals surface area contributed by atoms with Gasteiger partial charge in [0.25, 0.3) is 11.8 Å². The lowest BCUT2D eigenvalue weighted by atomic mass is 9.81. The molecule has 0 bridgehead atoms. The van der Waals surface area contributed by atoms with Crippen molar-refractivity contribution in [2.75, 3.05) is 20.7 Å². The second kappa shape index (κ2) is 14.3. The van der Waals surface area contributed by atoms with E-state index in [0.717, 1.165) is 109 Å². The van der Waals surface area contributed by atoms with Gasteiger partial charge in [0, 0.05) is 35.6 Å². The summed E-state index contributed by atoms with van der Waals surface area (Å²) in [5.74, 6) is 0.288. The van der Waals surface area contributed by atoms with Gasteiger partial charge in [-0.2, -0.15) is 5.10 Å². The third-order valence-corrected chi connectivity index (χ3v) is 14.3. The van der Waals surface area contributed by atoms with Crippen LogP contribution in [0.3, 0.4) is 0 Å². The minimum absolute atomic E-state index is 0.155. The number of methoxy groups -OCH3 is 1. The summed E-state index contributed by atoms with van der Waals surface area (Å²) in [4.78, 5) is 30.1. The van der Waals surface area contributed by atoms with Crippen LogP contribution in [-0.4, -0.2) is 71.1 Å². The molecule has 8 rings (SSSR count). The van der Waals surface area contributed by atoms with Crippen molar-refractivity contribution < 1.29 is 22.7 Å². The van der Waals surface area contributed by atoms with Gasteiger partial charge in [-0.05, 0) is 105 Å². The largest absolute Gasteiger partial charge is 0.497 e. The van der Waals surface area contributed by atoms with Crippen LogP contribution in [0.25, 0.3) is 33.8 Å². The van der Waals surface area contributed by atoms with E-state index >= 15 is 0 Å². The zero-order valence-electron chi connectivity index (χ0n) is 31.9. The summed E-state index contributed by atoms with van der Waals surface area (Å²) in [6, 6.07) is 11.8. The third kappa shape index (κ3) is 6.55.